The van der Waals surface area contributed by atoms with Crippen LogP contribution in [-0.2, 0) is 4.79 Å². The maximum absolute atomic E-state index is 11.6. The Morgan fingerprint density at radius 3 is 2.94 bits per heavy atom. The van der Waals surface area contributed by atoms with Crippen LogP contribution in [0.25, 0.3) is 6.08 Å². The number of ether oxygens (including phenoxy) is 1. The zero-order valence-electron chi connectivity index (χ0n) is 9.53. The van der Waals surface area contributed by atoms with Gasteiger partial charge in [0.25, 0.3) is 5.91 Å². The van der Waals surface area contributed by atoms with E-state index in [9.17, 15) is 4.79 Å². The molecule has 0 aliphatic carbocycles. The first-order valence-corrected chi connectivity index (χ1v) is 6.87. The molecule has 0 bridgehead atoms. The van der Waals surface area contributed by atoms with Crippen LogP contribution >= 0.6 is 35.6 Å². The summed E-state index contributed by atoms with van der Waals surface area (Å²) >= 11 is 12.1. The SMILES string of the molecule is CCOc1ccc(Cl)cc1C=C1SC(=S)NC1=O. The molecule has 0 aromatic heterocycles. The highest BCUT2D eigenvalue weighted by atomic mass is 35.5. The molecule has 0 radical (unpaired) electrons. The monoisotopic (exact) mass is 299 g/mol. The lowest BCUT2D eigenvalue weighted by atomic mass is 10.2. The molecule has 1 aromatic carbocycles. The molecule has 0 spiro atoms. The second kappa shape index (κ2) is 5.73. The predicted molar refractivity (Wildman–Crippen MR) is 78.9 cm³/mol. The Labute approximate surface area is 120 Å². The van der Waals surface area contributed by atoms with Gasteiger partial charge < -0.3 is 10.1 Å². The molecule has 1 fully saturated rings. The standard InChI is InChI=1S/C12H10ClNO2S2/c1-2-16-9-4-3-8(13)5-7(9)6-10-11(15)14-12(17)18-10/h3-6H,2H2,1H3,(H,14,15,17). The van der Waals surface area contributed by atoms with E-state index in [1.165, 1.54) is 11.8 Å². The number of halogens is 1. The predicted octanol–water partition coefficient (Wildman–Crippen LogP) is 3.23. The van der Waals surface area contributed by atoms with Gasteiger partial charge in [-0.3, -0.25) is 4.79 Å². The maximum atomic E-state index is 11.6. The average molecular weight is 300 g/mol. The van der Waals surface area contributed by atoms with E-state index in [0.29, 0.717) is 26.6 Å². The van der Waals surface area contributed by atoms with Crippen LogP contribution in [0, 0.1) is 0 Å². The molecule has 1 saturated heterocycles. The molecule has 94 valence electrons. The summed E-state index contributed by atoms with van der Waals surface area (Å²) in [5, 5.41) is 3.16. The normalized spacial score (nSPS) is 17.1. The number of rotatable bonds is 3. The van der Waals surface area contributed by atoms with Gasteiger partial charge in [-0.05, 0) is 31.2 Å². The zero-order chi connectivity index (χ0) is 13.1. The van der Waals surface area contributed by atoms with Crippen molar-refractivity contribution in [3.63, 3.8) is 0 Å². The maximum Gasteiger partial charge on any atom is 0.263 e. The van der Waals surface area contributed by atoms with Gasteiger partial charge in [0, 0.05) is 10.6 Å². The van der Waals surface area contributed by atoms with Crippen LogP contribution in [0.5, 0.6) is 5.75 Å². The van der Waals surface area contributed by atoms with E-state index >= 15 is 0 Å². The molecule has 1 aliphatic heterocycles. The van der Waals surface area contributed by atoms with Crippen molar-refractivity contribution in [1.29, 1.82) is 0 Å². The lowest BCUT2D eigenvalue weighted by molar-refractivity contribution is -0.115. The summed E-state index contributed by atoms with van der Waals surface area (Å²) < 4.78 is 5.95. The van der Waals surface area contributed by atoms with Crippen LogP contribution in [0.3, 0.4) is 0 Å². The summed E-state index contributed by atoms with van der Waals surface area (Å²) in [6.45, 7) is 2.45. The van der Waals surface area contributed by atoms with Crippen molar-refractivity contribution in [1.82, 2.24) is 5.32 Å². The molecule has 1 heterocycles. The smallest absolute Gasteiger partial charge is 0.263 e. The summed E-state index contributed by atoms with van der Waals surface area (Å²) in [7, 11) is 0. The van der Waals surface area contributed by atoms with E-state index in [1.54, 1.807) is 24.3 Å². The average Bonchev–Trinajstić information content (AvgIpc) is 2.61. The van der Waals surface area contributed by atoms with Crippen LogP contribution in [-0.4, -0.2) is 16.8 Å². The van der Waals surface area contributed by atoms with E-state index < -0.39 is 0 Å². The van der Waals surface area contributed by atoms with Crippen LogP contribution in [0.2, 0.25) is 5.02 Å². The van der Waals surface area contributed by atoms with Gasteiger partial charge in [-0.2, -0.15) is 0 Å². The fourth-order valence-electron chi connectivity index (χ4n) is 1.48. The first-order valence-electron chi connectivity index (χ1n) is 5.27. The van der Waals surface area contributed by atoms with Gasteiger partial charge in [0.15, 0.2) is 0 Å². The quantitative estimate of drug-likeness (QED) is 0.687. The van der Waals surface area contributed by atoms with Gasteiger partial charge in [0.1, 0.15) is 10.1 Å². The number of thioether (sulfide) groups is 1. The number of amides is 1. The number of carbonyl (C=O) groups is 1. The number of hydrogen-bond acceptors (Lipinski definition) is 4. The van der Waals surface area contributed by atoms with Gasteiger partial charge in [0.05, 0.1) is 11.5 Å². The van der Waals surface area contributed by atoms with E-state index in [2.05, 4.69) is 5.32 Å². The Bertz CT molecular complexity index is 543. The fourth-order valence-corrected chi connectivity index (χ4v) is 2.70. The van der Waals surface area contributed by atoms with Crippen molar-refractivity contribution >= 4 is 51.9 Å². The third kappa shape index (κ3) is 3.04. The highest BCUT2D eigenvalue weighted by molar-refractivity contribution is 8.26. The van der Waals surface area contributed by atoms with Crippen molar-refractivity contribution < 1.29 is 9.53 Å². The number of thiocarbonyl (C=S) groups is 1. The highest BCUT2D eigenvalue weighted by Crippen LogP contribution is 2.30. The van der Waals surface area contributed by atoms with Crippen molar-refractivity contribution in [3.8, 4) is 5.75 Å². The second-order valence-corrected chi connectivity index (χ2v) is 5.62. The third-order valence-corrected chi connectivity index (χ3v) is 3.60. The number of nitrogens with one attached hydrogen (secondary N) is 1. The Morgan fingerprint density at radius 2 is 2.33 bits per heavy atom. The first-order chi connectivity index (χ1) is 8.60. The topological polar surface area (TPSA) is 38.3 Å². The zero-order valence-corrected chi connectivity index (χ0v) is 11.9. The molecule has 2 rings (SSSR count). The molecule has 1 amide bonds. The molecular weight excluding hydrogens is 290 g/mol. The lowest BCUT2D eigenvalue weighted by Crippen LogP contribution is -2.17. The summed E-state index contributed by atoms with van der Waals surface area (Å²) in [5.74, 6) is 0.507. The van der Waals surface area contributed by atoms with E-state index in [-0.39, 0.29) is 5.91 Å². The van der Waals surface area contributed by atoms with E-state index in [1.807, 2.05) is 6.92 Å². The summed E-state index contributed by atoms with van der Waals surface area (Å²) in [6.07, 6.45) is 1.73. The van der Waals surface area contributed by atoms with Gasteiger partial charge in [-0.1, -0.05) is 35.6 Å². The van der Waals surface area contributed by atoms with Crippen molar-refractivity contribution in [2.75, 3.05) is 6.61 Å². The van der Waals surface area contributed by atoms with Crippen LogP contribution in [0.15, 0.2) is 23.1 Å². The molecule has 1 aliphatic rings. The molecule has 0 unspecified atom stereocenters. The minimum atomic E-state index is -0.188. The molecule has 3 nitrogen and oxygen atoms in total. The molecule has 6 heteroatoms. The highest BCUT2D eigenvalue weighted by Gasteiger charge is 2.22. The van der Waals surface area contributed by atoms with Crippen molar-refractivity contribution in [2.45, 2.75) is 6.92 Å². The Morgan fingerprint density at radius 1 is 1.56 bits per heavy atom. The molecule has 18 heavy (non-hydrogen) atoms. The van der Waals surface area contributed by atoms with Gasteiger partial charge >= 0.3 is 0 Å². The van der Waals surface area contributed by atoms with Gasteiger partial charge in [-0.15, -0.1) is 0 Å². The second-order valence-electron chi connectivity index (χ2n) is 3.47. The Kier molecular flexibility index (Phi) is 4.27. The first kappa shape index (κ1) is 13.4. The van der Waals surface area contributed by atoms with Crippen LogP contribution in [0.1, 0.15) is 12.5 Å². The van der Waals surface area contributed by atoms with Crippen LogP contribution in [0.4, 0.5) is 0 Å². The molecule has 1 N–H and O–H groups in total. The molecular formula is C12H10ClNO2S2. The van der Waals surface area contributed by atoms with Crippen molar-refractivity contribution in [2.24, 2.45) is 0 Å². The Hall–Kier alpha value is -1.04. The van der Waals surface area contributed by atoms with Gasteiger partial charge in [0.2, 0.25) is 0 Å². The minimum absolute atomic E-state index is 0.188. The molecule has 0 atom stereocenters. The van der Waals surface area contributed by atoms with Gasteiger partial charge in [-0.25, -0.2) is 0 Å². The lowest BCUT2D eigenvalue weighted by Gasteiger charge is -2.07. The minimum Gasteiger partial charge on any atom is -0.493 e. The van der Waals surface area contributed by atoms with E-state index in [0.717, 1.165) is 5.56 Å². The molecule has 0 saturated carbocycles. The summed E-state index contributed by atoms with van der Waals surface area (Å²) in [4.78, 5) is 12.1. The fraction of sp³-hybridized carbons (Fsp3) is 0.167. The molecule has 1 aromatic rings. The van der Waals surface area contributed by atoms with Crippen molar-refractivity contribution in [3.05, 3.63) is 33.7 Å². The Balaban J connectivity index is 2.38. The third-order valence-electron chi connectivity index (χ3n) is 2.20. The van der Waals surface area contributed by atoms with Crippen LogP contribution < -0.4 is 10.1 Å². The number of hydrogen-bond donors (Lipinski definition) is 1. The number of carbonyl (C=O) groups excluding carboxylic acids is 1. The summed E-state index contributed by atoms with van der Waals surface area (Å²) in [5.41, 5.74) is 0.770. The van der Waals surface area contributed by atoms with E-state index in [4.69, 9.17) is 28.6 Å². The number of benzene rings is 1. The largest absolute Gasteiger partial charge is 0.493 e. The summed E-state index contributed by atoms with van der Waals surface area (Å²) in [6, 6.07) is 5.30.